The second-order valence-electron chi connectivity index (χ2n) is 4.10. The van der Waals surface area contributed by atoms with Crippen molar-refractivity contribution in [2.45, 2.75) is 19.9 Å². The highest BCUT2D eigenvalue weighted by Crippen LogP contribution is 2.10. The van der Waals surface area contributed by atoms with Gasteiger partial charge in [0, 0.05) is 19.5 Å². The summed E-state index contributed by atoms with van der Waals surface area (Å²) < 4.78 is 25.1. The molecule has 0 unspecified atom stereocenters. The van der Waals surface area contributed by atoms with Gasteiger partial charge in [-0.3, -0.25) is 0 Å². The molecule has 0 heterocycles. The monoisotopic (exact) mass is 275 g/mol. The number of rotatable bonds is 6. The molecule has 96 valence electrons. The maximum absolute atomic E-state index is 11.8. The quantitative estimate of drug-likeness (QED) is 0.748. The number of nitrogens with zero attached hydrogens (tertiary/aromatic N) is 1. The average molecular weight is 276 g/mol. The predicted molar refractivity (Wildman–Crippen MR) is 71.8 cm³/mol. The van der Waals surface area contributed by atoms with Crippen molar-refractivity contribution in [3.8, 4) is 0 Å². The minimum absolute atomic E-state index is 0.110. The van der Waals surface area contributed by atoms with Gasteiger partial charge in [-0.25, -0.2) is 12.7 Å². The van der Waals surface area contributed by atoms with Gasteiger partial charge in [0.05, 0.1) is 5.75 Å². The summed E-state index contributed by atoms with van der Waals surface area (Å²) in [4.78, 5) is 0. The molecule has 1 rings (SSSR count). The zero-order chi connectivity index (χ0) is 12.9. The molecule has 0 saturated heterocycles. The van der Waals surface area contributed by atoms with Crippen molar-refractivity contribution in [3.05, 3.63) is 35.4 Å². The molecule has 0 spiro atoms. The Morgan fingerprint density at radius 1 is 1.35 bits per heavy atom. The minimum Gasteiger partial charge on any atom is -0.212 e. The van der Waals surface area contributed by atoms with Crippen LogP contribution in [0.2, 0.25) is 0 Å². The van der Waals surface area contributed by atoms with Gasteiger partial charge < -0.3 is 0 Å². The second-order valence-corrected chi connectivity index (χ2v) is 6.68. The molecular weight excluding hydrogens is 258 g/mol. The third kappa shape index (κ3) is 4.66. The fraction of sp³-hybridized carbons (Fsp3) is 0.500. The Labute approximate surface area is 108 Å². The maximum atomic E-state index is 11.8. The third-order valence-electron chi connectivity index (χ3n) is 2.50. The van der Waals surface area contributed by atoms with Crippen LogP contribution in [0.1, 0.15) is 17.5 Å². The Kier molecular flexibility index (Phi) is 5.43. The number of sulfonamides is 1. The van der Waals surface area contributed by atoms with Crippen molar-refractivity contribution < 1.29 is 8.42 Å². The average Bonchev–Trinajstić information content (AvgIpc) is 2.26. The van der Waals surface area contributed by atoms with Crippen molar-refractivity contribution >= 4 is 21.6 Å². The molecule has 1 aromatic rings. The van der Waals surface area contributed by atoms with E-state index in [1.165, 1.54) is 4.31 Å². The topological polar surface area (TPSA) is 37.4 Å². The Balaban J connectivity index is 2.68. The van der Waals surface area contributed by atoms with Crippen LogP contribution < -0.4 is 0 Å². The van der Waals surface area contributed by atoms with Gasteiger partial charge in [-0.05, 0) is 18.9 Å². The van der Waals surface area contributed by atoms with Crippen LogP contribution in [0.25, 0.3) is 0 Å². The van der Waals surface area contributed by atoms with Crippen LogP contribution in [0.15, 0.2) is 24.3 Å². The molecule has 17 heavy (non-hydrogen) atoms. The van der Waals surface area contributed by atoms with E-state index in [1.54, 1.807) is 7.05 Å². The van der Waals surface area contributed by atoms with Crippen LogP contribution >= 0.6 is 11.6 Å². The van der Waals surface area contributed by atoms with E-state index in [0.29, 0.717) is 18.8 Å². The fourth-order valence-electron chi connectivity index (χ4n) is 1.56. The van der Waals surface area contributed by atoms with Gasteiger partial charge in [-0.2, -0.15) is 0 Å². The molecule has 0 N–H and O–H groups in total. The minimum atomic E-state index is -3.18. The molecule has 0 fully saturated rings. The molecule has 3 nitrogen and oxygen atoms in total. The number of benzene rings is 1. The largest absolute Gasteiger partial charge is 0.214 e. The second kappa shape index (κ2) is 6.38. The first-order chi connectivity index (χ1) is 7.95. The lowest BCUT2D eigenvalue weighted by Crippen LogP contribution is -2.29. The van der Waals surface area contributed by atoms with E-state index in [1.807, 2.05) is 31.2 Å². The molecule has 0 aliphatic rings. The molecule has 0 atom stereocenters. The summed E-state index contributed by atoms with van der Waals surface area (Å²) in [5.74, 6) is 0.482. The Morgan fingerprint density at radius 3 is 2.65 bits per heavy atom. The van der Waals surface area contributed by atoms with E-state index < -0.39 is 10.0 Å². The summed E-state index contributed by atoms with van der Waals surface area (Å²) >= 11 is 5.51. The summed E-state index contributed by atoms with van der Waals surface area (Å²) in [6.45, 7) is 2.40. The van der Waals surface area contributed by atoms with E-state index in [4.69, 9.17) is 11.6 Å². The molecule has 0 bridgehead atoms. The number of aryl methyl sites for hydroxylation is 1. The van der Waals surface area contributed by atoms with E-state index in [2.05, 4.69) is 0 Å². The predicted octanol–water partition coefficient (Wildman–Crippen LogP) is 2.39. The van der Waals surface area contributed by atoms with Gasteiger partial charge in [0.1, 0.15) is 0 Å². The lowest BCUT2D eigenvalue weighted by atomic mass is 10.1. The van der Waals surface area contributed by atoms with Crippen LogP contribution in [0.4, 0.5) is 0 Å². The molecule has 0 saturated carbocycles. The molecule has 0 amide bonds. The highest BCUT2D eigenvalue weighted by molar-refractivity contribution is 7.89. The standard InChI is InChI=1S/C12H18ClNO2S/c1-11-5-3-6-12(9-11)10-14(2)17(15,16)8-4-7-13/h3,5-6,9H,4,7-8,10H2,1-2H3. The molecule has 0 aliphatic carbocycles. The van der Waals surface area contributed by atoms with Crippen LogP contribution in [-0.4, -0.2) is 31.4 Å². The van der Waals surface area contributed by atoms with Crippen molar-refractivity contribution in [1.29, 1.82) is 0 Å². The van der Waals surface area contributed by atoms with Gasteiger partial charge in [-0.15, -0.1) is 11.6 Å². The number of hydrogen-bond donors (Lipinski definition) is 0. The lowest BCUT2D eigenvalue weighted by molar-refractivity contribution is 0.466. The highest BCUT2D eigenvalue weighted by Gasteiger charge is 2.17. The van der Waals surface area contributed by atoms with Gasteiger partial charge >= 0.3 is 0 Å². The highest BCUT2D eigenvalue weighted by atomic mass is 35.5. The van der Waals surface area contributed by atoms with Crippen molar-refractivity contribution in [3.63, 3.8) is 0 Å². The van der Waals surface area contributed by atoms with E-state index in [9.17, 15) is 8.42 Å². The Morgan fingerprint density at radius 2 is 2.06 bits per heavy atom. The summed E-state index contributed by atoms with van der Waals surface area (Å²) in [5.41, 5.74) is 2.14. The third-order valence-corrected chi connectivity index (χ3v) is 4.65. The zero-order valence-corrected chi connectivity index (χ0v) is 11.8. The van der Waals surface area contributed by atoms with Crippen LogP contribution in [0.5, 0.6) is 0 Å². The lowest BCUT2D eigenvalue weighted by Gasteiger charge is -2.17. The maximum Gasteiger partial charge on any atom is 0.214 e. The van der Waals surface area contributed by atoms with E-state index >= 15 is 0 Å². The fourth-order valence-corrected chi connectivity index (χ4v) is 3.02. The van der Waals surface area contributed by atoms with Gasteiger partial charge in [0.25, 0.3) is 0 Å². The number of alkyl halides is 1. The van der Waals surface area contributed by atoms with Crippen molar-refractivity contribution in [1.82, 2.24) is 4.31 Å². The van der Waals surface area contributed by atoms with Gasteiger partial charge in [0.15, 0.2) is 0 Å². The first-order valence-electron chi connectivity index (χ1n) is 5.51. The first-order valence-corrected chi connectivity index (χ1v) is 7.65. The van der Waals surface area contributed by atoms with Crippen LogP contribution in [0, 0.1) is 6.92 Å². The summed E-state index contributed by atoms with van der Waals surface area (Å²) in [7, 11) is -1.58. The van der Waals surface area contributed by atoms with Crippen molar-refractivity contribution in [2.24, 2.45) is 0 Å². The SMILES string of the molecule is Cc1cccc(CN(C)S(=O)(=O)CCCCl)c1. The van der Waals surface area contributed by atoms with Gasteiger partial charge in [-0.1, -0.05) is 29.8 Å². The number of halogens is 1. The molecule has 0 aromatic heterocycles. The van der Waals surface area contributed by atoms with Crippen LogP contribution in [-0.2, 0) is 16.6 Å². The first kappa shape index (κ1) is 14.5. The molecule has 5 heteroatoms. The van der Waals surface area contributed by atoms with Gasteiger partial charge in [0.2, 0.25) is 10.0 Å². The Bertz CT molecular complexity index is 459. The molecule has 1 aromatic carbocycles. The molecule has 0 radical (unpaired) electrons. The summed E-state index contributed by atoms with van der Waals surface area (Å²) in [6, 6.07) is 7.85. The van der Waals surface area contributed by atoms with Crippen LogP contribution in [0.3, 0.4) is 0 Å². The molecule has 0 aliphatic heterocycles. The van der Waals surface area contributed by atoms with E-state index in [0.717, 1.165) is 11.1 Å². The smallest absolute Gasteiger partial charge is 0.212 e. The normalized spacial score (nSPS) is 12.0. The van der Waals surface area contributed by atoms with Crippen molar-refractivity contribution in [2.75, 3.05) is 18.7 Å². The zero-order valence-electron chi connectivity index (χ0n) is 10.2. The molecular formula is C12H18ClNO2S. The number of hydrogen-bond acceptors (Lipinski definition) is 2. The van der Waals surface area contributed by atoms with E-state index in [-0.39, 0.29) is 5.75 Å². The Hall–Kier alpha value is -0.580. The summed E-state index contributed by atoms with van der Waals surface area (Å²) in [6.07, 6.45) is 0.488. The summed E-state index contributed by atoms with van der Waals surface area (Å²) in [5, 5.41) is 0.